The molecule has 0 bridgehead atoms. The molecule has 0 atom stereocenters. The quantitative estimate of drug-likeness (QED) is 0.547. The monoisotopic (exact) mass is 145 g/mol. The Labute approximate surface area is 61.8 Å². The van der Waals surface area contributed by atoms with E-state index < -0.39 is 0 Å². The van der Waals surface area contributed by atoms with Gasteiger partial charge < -0.3 is 10.1 Å². The second-order valence-electron chi connectivity index (χ2n) is 2.14. The summed E-state index contributed by atoms with van der Waals surface area (Å²) in [7, 11) is 1.31. The highest BCUT2D eigenvalue weighted by molar-refractivity contribution is 5.36. The minimum atomic E-state index is 0.375. The van der Waals surface area contributed by atoms with E-state index in [0.717, 1.165) is 0 Å². The van der Waals surface area contributed by atoms with Crippen LogP contribution in [-0.4, -0.2) is 26.7 Å². The van der Waals surface area contributed by atoms with Gasteiger partial charge in [0.25, 0.3) is 6.47 Å². The number of piperidine rings is 1. The van der Waals surface area contributed by atoms with E-state index in [2.05, 4.69) is 10.1 Å². The molecule has 0 spiro atoms. The molecule has 3 nitrogen and oxygen atoms in total. The first-order valence-corrected chi connectivity index (χ1v) is 3.59. The zero-order chi connectivity index (χ0) is 7.66. The zero-order valence-electron chi connectivity index (χ0n) is 6.43. The van der Waals surface area contributed by atoms with Crippen molar-refractivity contribution in [2.45, 2.75) is 19.3 Å². The lowest BCUT2D eigenvalue weighted by Gasteiger charge is -2.08. The molecule has 3 heteroatoms. The minimum absolute atomic E-state index is 0.375. The van der Waals surface area contributed by atoms with Gasteiger partial charge in [-0.2, -0.15) is 0 Å². The summed E-state index contributed by atoms with van der Waals surface area (Å²) in [6.07, 6.45) is 4.22. The Morgan fingerprint density at radius 2 is 1.80 bits per heavy atom. The Kier molecular flexibility index (Phi) is 7.95. The lowest BCUT2D eigenvalue weighted by atomic mass is 10.2. The van der Waals surface area contributed by atoms with Gasteiger partial charge in [0.15, 0.2) is 0 Å². The molecule has 1 rings (SSSR count). The molecule has 1 N–H and O–H groups in total. The summed E-state index contributed by atoms with van der Waals surface area (Å²) >= 11 is 0. The van der Waals surface area contributed by atoms with Crippen molar-refractivity contribution in [1.29, 1.82) is 0 Å². The molecule has 1 aliphatic heterocycles. The van der Waals surface area contributed by atoms with Crippen LogP contribution in [0.3, 0.4) is 0 Å². The van der Waals surface area contributed by atoms with Gasteiger partial charge in [-0.05, 0) is 25.9 Å². The highest BCUT2D eigenvalue weighted by atomic mass is 16.5. The van der Waals surface area contributed by atoms with Crippen LogP contribution in [0.15, 0.2) is 0 Å². The van der Waals surface area contributed by atoms with Crippen molar-refractivity contribution < 1.29 is 9.53 Å². The highest BCUT2D eigenvalue weighted by Crippen LogP contribution is 1.96. The van der Waals surface area contributed by atoms with Gasteiger partial charge in [0.2, 0.25) is 0 Å². The molecule has 1 heterocycles. The number of ether oxygens (including phenoxy) is 1. The summed E-state index contributed by atoms with van der Waals surface area (Å²) in [6, 6.07) is 0. The van der Waals surface area contributed by atoms with Gasteiger partial charge in [-0.15, -0.1) is 0 Å². The Bertz CT molecular complexity index is 60.5. The van der Waals surface area contributed by atoms with Crippen LogP contribution in [0.5, 0.6) is 0 Å². The fourth-order valence-electron chi connectivity index (χ4n) is 0.802. The Morgan fingerprint density at radius 1 is 1.30 bits per heavy atom. The maximum atomic E-state index is 8.95. The number of carbonyl (C=O) groups excluding carboxylic acids is 1. The predicted octanol–water partition coefficient (Wildman–Crippen LogP) is 0.549. The van der Waals surface area contributed by atoms with Crippen LogP contribution in [0.2, 0.25) is 0 Å². The van der Waals surface area contributed by atoms with Crippen LogP contribution in [0.1, 0.15) is 19.3 Å². The van der Waals surface area contributed by atoms with E-state index in [1.54, 1.807) is 0 Å². The van der Waals surface area contributed by atoms with Crippen LogP contribution in [0, 0.1) is 0 Å². The number of nitrogens with one attached hydrogen (secondary N) is 1. The van der Waals surface area contributed by atoms with Crippen molar-refractivity contribution in [3.63, 3.8) is 0 Å². The highest BCUT2D eigenvalue weighted by Gasteiger charge is 1.93. The standard InChI is InChI=1S/C5H11N.C2H4O2/c1-2-4-6-5-3-1;1-4-2-3/h6H,1-5H2;2H,1H3. The van der Waals surface area contributed by atoms with Crippen LogP contribution in [0.4, 0.5) is 0 Å². The van der Waals surface area contributed by atoms with Crippen molar-refractivity contribution >= 4 is 6.47 Å². The third-order valence-corrected chi connectivity index (χ3v) is 1.30. The normalized spacial score (nSPS) is 16.5. The van der Waals surface area contributed by atoms with Crippen molar-refractivity contribution in [2.75, 3.05) is 20.2 Å². The van der Waals surface area contributed by atoms with Crippen LogP contribution < -0.4 is 5.32 Å². The summed E-state index contributed by atoms with van der Waals surface area (Å²) in [5.74, 6) is 0. The molecule has 10 heavy (non-hydrogen) atoms. The molecule has 0 saturated carbocycles. The smallest absolute Gasteiger partial charge is 0.292 e. The van der Waals surface area contributed by atoms with Gasteiger partial charge in [-0.1, -0.05) is 6.42 Å². The average Bonchev–Trinajstić information content (AvgIpc) is 2.08. The zero-order valence-corrected chi connectivity index (χ0v) is 6.43. The second-order valence-corrected chi connectivity index (χ2v) is 2.14. The third kappa shape index (κ3) is 7.43. The number of rotatable bonds is 1. The summed E-state index contributed by atoms with van der Waals surface area (Å²) in [5, 5.41) is 3.28. The molecule has 0 aromatic heterocycles. The lowest BCUT2D eigenvalue weighted by Crippen LogP contribution is -2.21. The summed E-state index contributed by atoms with van der Waals surface area (Å²) in [5.41, 5.74) is 0. The van der Waals surface area contributed by atoms with Gasteiger partial charge in [-0.3, -0.25) is 4.79 Å². The van der Waals surface area contributed by atoms with E-state index in [4.69, 9.17) is 4.79 Å². The van der Waals surface area contributed by atoms with E-state index in [9.17, 15) is 0 Å². The van der Waals surface area contributed by atoms with Gasteiger partial charge in [0, 0.05) is 0 Å². The van der Waals surface area contributed by atoms with E-state index in [1.165, 1.54) is 39.5 Å². The fourth-order valence-corrected chi connectivity index (χ4v) is 0.802. The van der Waals surface area contributed by atoms with Gasteiger partial charge in [0.05, 0.1) is 7.11 Å². The summed E-state index contributed by atoms with van der Waals surface area (Å²) in [6.45, 7) is 2.88. The van der Waals surface area contributed by atoms with E-state index >= 15 is 0 Å². The maximum Gasteiger partial charge on any atom is 0.292 e. The number of carbonyl (C=O) groups is 1. The van der Waals surface area contributed by atoms with Crippen molar-refractivity contribution in [2.24, 2.45) is 0 Å². The van der Waals surface area contributed by atoms with E-state index in [1.807, 2.05) is 0 Å². The average molecular weight is 145 g/mol. The largest absolute Gasteiger partial charge is 0.471 e. The molecule has 1 saturated heterocycles. The SMILES string of the molecule is C1CCNCC1.COC=O. The molecule has 1 aliphatic rings. The predicted molar refractivity (Wildman–Crippen MR) is 39.8 cm³/mol. The molecular weight excluding hydrogens is 130 g/mol. The molecule has 0 aliphatic carbocycles. The maximum absolute atomic E-state index is 8.95. The first-order valence-electron chi connectivity index (χ1n) is 3.59. The molecule has 0 radical (unpaired) electrons. The van der Waals surface area contributed by atoms with Crippen LogP contribution >= 0.6 is 0 Å². The van der Waals surface area contributed by atoms with Gasteiger partial charge in [0.1, 0.15) is 0 Å². The van der Waals surface area contributed by atoms with Gasteiger partial charge >= 0.3 is 0 Å². The summed E-state index contributed by atoms with van der Waals surface area (Å²) in [4.78, 5) is 8.95. The van der Waals surface area contributed by atoms with Crippen molar-refractivity contribution in [3.8, 4) is 0 Å². The molecular formula is C7H15NO2. The van der Waals surface area contributed by atoms with Gasteiger partial charge in [-0.25, -0.2) is 0 Å². The topological polar surface area (TPSA) is 38.3 Å². The molecule has 1 fully saturated rings. The number of methoxy groups -OCH3 is 1. The third-order valence-electron chi connectivity index (χ3n) is 1.30. The van der Waals surface area contributed by atoms with Crippen LogP contribution in [0.25, 0.3) is 0 Å². The molecule has 0 amide bonds. The Balaban J connectivity index is 0.000000180. The molecule has 0 aromatic rings. The molecule has 0 aromatic carbocycles. The minimum Gasteiger partial charge on any atom is -0.471 e. The van der Waals surface area contributed by atoms with Crippen LogP contribution in [-0.2, 0) is 9.53 Å². The Morgan fingerprint density at radius 3 is 1.90 bits per heavy atom. The second kappa shape index (κ2) is 8.43. The summed E-state index contributed by atoms with van der Waals surface area (Å²) < 4.78 is 3.86. The van der Waals surface area contributed by atoms with E-state index in [-0.39, 0.29) is 0 Å². The van der Waals surface area contributed by atoms with Crippen molar-refractivity contribution in [3.05, 3.63) is 0 Å². The first-order chi connectivity index (χ1) is 4.91. The van der Waals surface area contributed by atoms with E-state index in [0.29, 0.717) is 6.47 Å². The molecule has 0 unspecified atom stereocenters. The first kappa shape index (κ1) is 9.43. The lowest BCUT2D eigenvalue weighted by molar-refractivity contribution is -0.126. The number of hydrogen-bond acceptors (Lipinski definition) is 3. The fraction of sp³-hybridized carbons (Fsp3) is 0.857. The Hall–Kier alpha value is -0.570. The molecule has 60 valence electrons. The van der Waals surface area contributed by atoms with Crippen molar-refractivity contribution in [1.82, 2.24) is 5.32 Å². The number of hydrogen-bond donors (Lipinski definition) is 1.